The number of rotatable bonds is 0. The summed E-state index contributed by atoms with van der Waals surface area (Å²) in [5.74, 6) is 0.373. The Balaban J connectivity index is 2.69. The van der Waals surface area contributed by atoms with Crippen LogP contribution in [0.1, 0.15) is 12.5 Å². The van der Waals surface area contributed by atoms with Gasteiger partial charge in [-0.15, -0.1) is 0 Å². The molecule has 4 nitrogen and oxygen atoms in total. The van der Waals surface area contributed by atoms with Gasteiger partial charge in [0.2, 0.25) is 5.88 Å². The average Bonchev–Trinajstić information content (AvgIpc) is 2.32. The molecule has 4 heteroatoms. The number of pyridine rings is 1. The van der Waals surface area contributed by atoms with Gasteiger partial charge in [0.15, 0.2) is 12.4 Å². The van der Waals surface area contributed by atoms with Crippen LogP contribution in [-0.4, -0.2) is 17.0 Å². The van der Waals surface area contributed by atoms with Gasteiger partial charge in [0.25, 0.3) is 5.56 Å². The fourth-order valence-electron chi connectivity index (χ4n) is 1.59. The van der Waals surface area contributed by atoms with Gasteiger partial charge in [-0.3, -0.25) is 14.2 Å². The molecule has 0 aliphatic carbocycles. The Morgan fingerprint density at radius 3 is 2.80 bits per heavy atom. The molecule has 78 valence electrons. The first-order valence-corrected chi connectivity index (χ1v) is 4.64. The van der Waals surface area contributed by atoms with E-state index in [0.717, 1.165) is 11.1 Å². The summed E-state index contributed by atoms with van der Waals surface area (Å²) in [5.41, 5.74) is 1.47. The lowest BCUT2D eigenvalue weighted by molar-refractivity contribution is -0.116. The van der Waals surface area contributed by atoms with E-state index < -0.39 is 0 Å². The van der Waals surface area contributed by atoms with Gasteiger partial charge < -0.3 is 4.74 Å². The van der Waals surface area contributed by atoms with E-state index in [1.807, 2.05) is 6.92 Å². The molecule has 0 saturated carbocycles. The van der Waals surface area contributed by atoms with Crippen LogP contribution in [0.15, 0.2) is 23.0 Å². The highest BCUT2D eigenvalue weighted by Gasteiger charge is 2.16. The molecule has 0 bridgehead atoms. The summed E-state index contributed by atoms with van der Waals surface area (Å²) in [5, 5.41) is 0. The standard InChI is InChI=1S/C11H11NO3/c1-7-5-8(13)6-15-11-9(7)3-4-10(14)12(11)2/h3-5H,6H2,1-2H3. The number of aromatic nitrogens is 1. The van der Waals surface area contributed by atoms with Gasteiger partial charge in [0.05, 0.1) is 0 Å². The fourth-order valence-corrected chi connectivity index (χ4v) is 1.59. The Morgan fingerprint density at radius 1 is 1.33 bits per heavy atom. The number of nitrogens with zero attached hydrogens (tertiary/aromatic N) is 1. The lowest BCUT2D eigenvalue weighted by Crippen LogP contribution is -2.19. The molecule has 0 spiro atoms. The van der Waals surface area contributed by atoms with E-state index in [1.165, 1.54) is 16.7 Å². The molecular weight excluding hydrogens is 194 g/mol. The van der Waals surface area contributed by atoms with Crippen molar-refractivity contribution in [2.24, 2.45) is 7.05 Å². The number of hydrogen-bond acceptors (Lipinski definition) is 3. The van der Waals surface area contributed by atoms with Crippen LogP contribution in [0, 0.1) is 0 Å². The van der Waals surface area contributed by atoms with Crippen LogP contribution in [0.4, 0.5) is 0 Å². The minimum atomic E-state index is -0.143. The highest BCUT2D eigenvalue weighted by atomic mass is 16.5. The van der Waals surface area contributed by atoms with Crippen LogP contribution >= 0.6 is 0 Å². The van der Waals surface area contributed by atoms with E-state index in [-0.39, 0.29) is 17.9 Å². The molecule has 1 aromatic rings. The zero-order chi connectivity index (χ0) is 11.0. The average molecular weight is 205 g/mol. The van der Waals surface area contributed by atoms with E-state index in [1.54, 1.807) is 13.1 Å². The minimum absolute atomic E-state index is 0.0123. The molecule has 15 heavy (non-hydrogen) atoms. The zero-order valence-corrected chi connectivity index (χ0v) is 8.61. The molecule has 0 atom stereocenters. The summed E-state index contributed by atoms with van der Waals surface area (Å²) in [4.78, 5) is 22.6. The van der Waals surface area contributed by atoms with Crippen molar-refractivity contribution in [1.82, 2.24) is 4.57 Å². The van der Waals surface area contributed by atoms with Crippen molar-refractivity contribution in [2.75, 3.05) is 6.61 Å². The Morgan fingerprint density at radius 2 is 2.07 bits per heavy atom. The maximum Gasteiger partial charge on any atom is 0.253 e. The molecule has 0 fully saturated rings. The van der Waals surface area contributed by atoms with Crippen molar-refractivity contribution in [3.63, 3.8) is 0 Å². The third-order valence-corrected chi connectivity index (χ3v) is 2.41. The quantitative estimate of drug-likeness (QED) is 0.628. The van der Waals surface area contributed by atoms with Crippen LogP contribution in [0.2, 0.25) is 0 Å². The smallest absolute Gasteiger partial charge is 0.253 e. The van der Waals surface area contributed by atoms with Crippen molar-refractivity contribution in [1.29, 1.82) is 0 Å². The SMILES string of the molecule is CC1=CC(=O)COc2c1ccc(=O)n2C. The van der Waals surface area contributed by atoms with E-state index in [0.29, 0.717) is 5.88 Å². The molecular formula is C11H11NO3. The second-order valence-corrected chi connectivity index (χ2v) is 3.53. The van der Waals surface area contributed by atoms with Crippen LogP contribution in [0.3, 0.4) is 0 Å². The predicted molar refractivity (Wildman–Crippen MR) is 55.8 cm³/mol. The zero-order valence-electron chi connectivity index (χ0n) is 8.61. The Bertz CT molecular complexity index is 511. The molecule has 0 unspecified atom stereocenters. The van der Waals surface area contributed by atoms with Gasteiger partial charge in [-0.25, -0.2) is 0 Å². The Hall–Kier alpha value is -1.84. The molecule has 1 aliphatic rings. The highest BCUT2D eigenvalue weighted by molar-refractivity contribution is 5.98. The summed E-state index contributed by atoms with van der Waals surface area (Å²) >= 11 is 0. The summed E-state index contributed by atoms with van der Waals surface area (Å²) in [6, 6.07) is 3.15. The van der Waals surface area contributed by atoms with E-state index in [9.17, 15) is 9.59 Å². The lowest BCUT2D eigenvalue weighted by Gasteiger charge is -2.11. The molecule has 1 aromatic heterocycles. The normalized spacial score (nSPS) is 15.1. The minimum Gasteiger partial charge on any atom is -0.470 e. The van der Waals surface area contributed by atoms with Crippen molar-refractivity contribution >= 4 is 11.4 Å². The van der Waals surface area contributed by atoms with Crippen LogP contribution in [0.25, 0.3) is 5.57 Å². The van der Waals surface area contributed by atoms with Gasteiger partial charge in [0.1, 0.15) is 0 Å². The number of ether oxygens (including phenoxy) is 1. The van der Waals surface area contributed by atoms with Gasteiger partial charge in [0, 0.05) is 18.7 Å². The summed E-state index contributed by atoms with van der Waals surface area (Å²) in [6.07, 6.45) is 1.54. The number of fused-ring (bicyclic) bond motifs is 1. The Kier molecular flexibility index (Phi) is 2.19. The van der Waals surface area contributed by atoms with Crippen LogP contribution in [0.5, 0.6) is 5.88 Å². The monoisotopic (exact) mass is 205 g/mol. The summed E-state index contributed by atoms with van der Waals surface area (Å²) in [7, 11) is 1.63. The van der Waals surface area contributed by atoms with E-state index in [4.69, 9.17) is 4.74 Å². The maximum absolute atomic E-state index is 11.4. The Labute approximate surface area is 86.8 Å². The number of ketones is 1. The van der Waals surface area contributed by atoms with Gasteiger partial charge in [-0.2, -0.15) is 0 Å². The van der Waals surface area contributed by atoms with Crippen molar-refractivity contribution in [2.45, 2.75) is 6.92 Å². The van der Waals surface area contributed by atoms with E-state index in [2.05, 4.69) is 0 Å². The molecule has 1 aliphatic heterocycles. The van der Waals surface area contributed by atoms with Crippen molar-refractivity contribution in [3.8, 4) is 5.88 Å². The fraction of sp³-hybridized carbons (Fsp3) is 0.273. The van der Waals surface area contributed by atoms with Gasteiger partial charge >= 0.3 is 0 Å². The second-order valence-electron chi connectivity index (χ2n) is 3.53. The summed E-state index contributed by atoms with van der Waals surface area (Å²) < 4.78 is 6.71. The predicted octanol–water partition coefficient (Wildman–Crippen LogP) is 0.750. The maximum atomic E-state index is 11.4. The topological polar surface area (TPSA) is 48.3 Å². The van der Waals surface area contributed by atoms with Crippen molar-refractivity contribution in [3.05, 3.63) is 34.1 Å². The van der Waals surface area contributed by atoms with Crippen molar-refractivity contribution < 1.29 is 9.53 Å². The largest absolute Gasteiger partial charge is 0.470 e. The molecule has 0 saturated heterocycles. The first-order chi connectivity index (χ1) is 7.09. The number of hydrogen-bond donors (Lipinski definition) is 0. The van der Waals surface area contributed by atoms with Gasteiger partial charge in [-0.05, 0) is 24.6 Å². The molecule has 0 N–H and O–H groups in total. The van der Waals surface area contributed by atoms with Crippen LogP contribution in [-0.2, 0) is 11.8 Å². The second kappa shape index (κ2) is 3.38. The van der Waals surface area contributed by atoms with Crippen LogP contribution < -0.4 is 10.3 Å². The van der Waals surface area contributed by atoms with Gasteiger partial charge in [-0.1, -0.05) is 0 Å². The highest BCUT2D eigenvalue weighted by Crippen LogP contribution is 2.25. The van der Waals surface area contributed by atoms with E-state index >= 15 is 0 Å². The first-order valence-electron chi connectivity index (χ1n) is 4.64. The number of carbonyl (C=O) groups is 1. The molecule has 2 rings (SSSR count). The molecule has 0 amide bonds. The number of allylic oxidation sites excluding steroid dienone is 1. The molecule has 2 heterocycles. The first kappa shape index (κ1) is 9.71. The molecule has 0 aromatic carbocycles. The lowest BCUT2D eigenvalue weighted by atomic mass is 10.1. The number of carbonyl (C=O) groups excluding carboxylic acids is 1. The summed E-state index contributed by atoms with van der Waals surface area (Å²) in [6.45, 7) is 1.82. The molecule has 0 radical (unpaired) electrons. The third kappa shape index (κ3) is 1.58. The third-order valence-electron chi connectivity index (χ3n) is 2.41.